The van der Waals surface area contributed by atoms with Crippen molar-refractivity contribution >= 4 is 38.6 Å². The van der Waals surface area contributed by atoms with Gasteiger partial charge < -0.3 is 5.32 Å². The molecule has 10 nitrogen and oxygen atoms in total. The molecule has 0 aliphatic rings. The predicted octanol–water partition coefficient (Wildman–Crippen LogP) is 1.63. The molecule has 0 bridgehead atoms. The number of hydrogen-bond donors (Lipinski definition) is 2. The standard InChI is InChI=1S/C20H16N6O4S/c27-18(13-26-17-5-2-1-4-16(17)23-12-19(26)28)24-14-6-8-15(9-7-14)31(29,30)25-20-21-10-3-11-22-20/h1-12H,13H2,(H,24,27)(H,21,22,25). The van der Waals surface area contributed by atoms with E-state index in [2.05, 4.69) is 25.0 Å². The van der Waals surface area contributed by atoms with Crippen LogP contribution in [0.3, 0.4) is 0 Å². The van der Waals surface area contributed by atoms with E-state index in [1.165, 1.54) is 47.4 Å². The third-order valence-electron chi connectivity index (χ3n) is 4.29. The Morgan fingerprint density at radius 3 is 2.39 bits per heavy atom. The first-order valence-electron chi connectivity index (χ1n) is 9.07. The van der Waals surface area contributed by atoms with Crippen LogP contribution in [0.4, 0.5) is 11.6 Å². The topological polar surface area (TPSA) is 136 Å². The summed E-state index contributed by atoms with van der Waals surface area (Å²) in [7, 11) is -3.88. The number of anilines is 2. The van der Waals surface area contributed by atoms with E-state index in [0.29, 0.717) is 16.7 Å². The zero-order chi connectivity index (χ0) is 21.8. The summed E-state index contributed by atoms with van der Waals surface area (Å²) >= 11 is 0. The van der Waals surface area contributed by atoms with Crippen LogP contribution in [0, 0.1) is 0 Å². The summed E-state index contributed by atoms with van der Waals surface area (Å²) in [6.45, 7) is -0.213. The lowest BCUT2D eigenvalue weighted by Gasteiger charge is -2.11. The third kappa shape index (κ3) is 4.56. The summed E-state index contributed by atoms with van der Waals surface area (Å²) in [5.41, 5.74) is 1.12. The fraction of sp³-hybridized carbons (Fsp3) is 0.0500. The smallest absolute Gasteiger partial charge is 0.269 e. The Hall–Kier alpha value is -4.12. The van der Waals surface area contributed by atoms with E-state index in [1.807, 2.05) is 0 Å². The lowest BCUT2D eigenvalue weighted by atomic mass is 10.3. The first kappa shape index (κ1) is 20.2. The molecule has 0 atom stereocenters. The number of para-hydroxylation sites is 2. The van der Waals surface area contributed by atoms with E-state index in [9.17, 15) is 18.0 Å². The van der Waals surface area contributed by atoms with Crippen LogP contribution in [-0.4, -0.2) is 33.8 Å². The van der Waals surface area contributed by atoms with Crippen molar-refractivity contribution in [2.24, 2.45) is 0 Å². The van der Waals surface area contributed by atoms with Crippen molar-refractivity contribution in [2.45, 2.75) is 11.4 Å². The van der Waals surface area contributed by atoms with E-state index in [1.54, 1.807) is 30.3 Å². The maximum atomic E-state index is 12.5. The summed E-state index contributed by atoms with van der Waals surface area (Å²) in [6.07, 6.45) is 4.00. The molecule has 0 saturated carbocycles. The lowest BCUT2D eigenvalue weighted by Crippen LogP contribution is -2.28. The van der Waals surface area contributed by atoms with Crippen LogP contribution in [0.5, 0.6) is 0 Å². The van der Waals surface area contributed by atoms with E-state index in [4.69, 9.17) is 0 Å². The van der Waals surface area contributed by atoms with Crippen LogP contribution in [-0.2, 0) is 21.4 Å². The number of amides is 1. The molecule has 0 fully saturated rings. The van der Waals surface area contributed by atoms with Crippen molar-refractivity contribution in [3.8, 4) is 0 Å². The largest absolute Gasteiger partial charge is 0.325 e. The normalized spacial score (nSPS) is 11.2. The van der Waals surface area contributed by atoms with Crippen LogP contribution in [0.25, 0.3) is 11.0 Å². The van der Waals surface area contributed by atoms with Crippen LogP contribution in [0.15, 0.2) is 82.9 Å². The first-order valence-corrected chi connectivity index (χ1v) is 10.5. The molecule has 31 heavy (non-hydrogen) atoms. The van der Waals surface area contributed by atoms with Gasteiger partial charge in [-0.05, 0) is 42.5 Å². The second-order valence-electron chi connectivity index (χ2n) is 6.42. The van der Waals surface area contributed by atoms with Crippen LogP contribution < -0.4 is 15.6 Å². The molecule has 0 saturated heterocycles. The van der Waals surface area contributed by atoms with Crippen molar-refractivity contribution in [2.75, 3.05) is 10.0 Å². The minimum Gasteiger partial charge on any atom is -0.325 e. The molecule has 4 aromatic rings. The number of nitrogens with zero attached hydrogens (tertiary/aromatic N) is 4. The highest BCUT2D eigenvalue weighted by Gasteiger charge is 2.16. The fourth-order valence-electron chi connectivity index (χ4n) is 2.87. The highest BCUT2D eigenvalue weighted by Crippen LogP contribution is 2.16. The molecule has 0 radical (unpaired) electrons. The fourth-order valence-corrected chi connectivity index (χ4v) is 3.83. The number of carbonyl (C=O) groups excluding carboxylic acids is 1. The van der Waals surface area contributed by atoms with Gasteiger partial charge in [-0.3, -0.25) is 14.2 Å². The van der Waals surface area contributed by atoms with Gasteiger partial charge in [-0.15, -0.1) is 0 Å². The maximum absolute atomic E-state index is 12.5. The van der Waals surface area contributed by atoms with Crippen LogP contribution in [0.1, 0.15) is 0 Å². The molecule has 11 heteroatoms. The van der Waals surface area contributed by atoms with Gasteiger partial charge in [0.2, 0.25) is 11.9 Å². The van der Waals surface area contributed by atoms with Gasteiger partial charge in [0, 0.05) is 18.1 Å². The van der Waals surface area contributed by atoms with Gasteiger partial charge in [-0.2, -0.15) is 0 Å². The number of benzene rings is 2. The van der Waals surface area contributed by atoms with Crippen molar-refractivity contribution < 1.29 is 13.2 Å². The molecule has 0 aliphatic carbocycles. The van der Waals surface area contributed by atoms with Gasteiger partial charge in [0.15, 0.2) is 0 Å². The molecular formula is C20H16N6O4S. The van der Waals surface area contributed by atoms with Gasteiger partial charge in [0.25, 0.3) is 15.6 Å². The minimum atomic E-state index is -3.88. The molecule has 156 valence electrons. The summed E-state index contributed by atoms with van der Waals surface area (Å²) in [4.78, 5) is 36.3. The number of carbonyl (C=O) groups is 1. The Morgan fingerprint density at radius 2 is 1.65 bits per heavy atom. The van der Waals surface area contributed by atoms with Crippen molar-refractivity contribution in [1.29, 1.82) is 0 Å². The van der Waals surface area contributed by atoms with E-state index in [0.717, 1.165) is 0 Å². The highest BCUT2D eigenvalue weighted by molar-refractivity contribution is 7.92. The average molecular weight is 436 g/mol. The second-order valence-corrected chi connectivity index (χ2v) is 8.10. The number of fused-ring (bicyclic) bond motifs is 1. The van der Waals surface area contributed by atoms with Crippen LogP contribution >= 0.6 is 0 Å². The van der Waals surface area contributed by atoms with Gasteiger partial charge in [-0.25, -0.2) is 28.1 Å². The van der Waals surface area contributed by atoms with E-state index >= 15 is 0 Å². The molecule has 2 N–H and O–H groups in total. The summed E-state index contributed by atoms with van der Waals surface area (Å²) in [5, 5.41) is 2.65. The second kappa shape index (κ2) is 8.32. The Kier molecular flexibility index (Phi) is 5.41. The summed E-state index contributed by atoms with van der Waals surface area (Å²) in [6, 6.07) is 14.2. The summed E-state index contributed by atoms with van der Waals surface area (Å²) in [5.74, 6) is -0.486. The van der Waals surface area contributed by atoms with Gasteiger partial charge >= 0.3 is 0 Å². The molecule has 2 heterocycles. The monoisotopic (exact) mass is 436 g/mol. The zero-order valence-corrected chi connectivity index (χ0v) is 16.8. The molecular weight excluding hydrogens is 420 g/mol. The molecule has 0 aliphatic heterocycles. The van der Waals surface area contributed by atoms with Crippen molar-refractivity contribution in [3.05, 3.63) is 83.5 Å². The molecule has 4 rings (SSSR count). The van der Waals surface area contributed by atoms with Crippen LogP contribution in [0.2, 0.25) is 0 Å². The zero-order valence-electron chi connectivity index (χ0n) is 16.0. The molecule has 1 amide bonds. The number of sulfonamides is 1. The van der Waals surface area contributed by atoms with Crippen molar-refractivity contribution in [1.82, 2.24) is 19.5 Å². The van der Waals surface area contributed by atoms with E-state index < -0.39 is 21.5 Å². The summed E-state index contributed by atoms with van der Waals surface area (Å²) < 4.78 is 28.4. The SMILES string of the molecule is O=C(Cn1c(=O)cnc2ccccc21)Nc1ccc(S(=O)(=O)Nc2ncccn2)cc1. The highest BCUT2D eigenvalue weighted by atomic mass is 32.2. The minimum absolute atomic E-state index is 0.0192. The maximum Gasteiger partial charge on any atom is 0.269 e. The lowest BCUT2D eigenvalue weighted by molar-refractivity contribution is -0.116. The van der Waals surface area contributed by atoms with Gasteiger partial charge in [0.05, 0.1) is 22.1 Å². The third-order valence-corrected chi connectivity index (χ3v) is 5.64. The quantitative estimate of drug-likeness (QED) is 0.469. The molecule has 2 aromatic heterocycles. The Labute approximate surface area is 176 Å². The Bertz CT molecular complexity index is 1400. The number of nitrogens with one attached hydrogen (secondary N) is 2. The number of hydrogen-bond acceptors (Lipinski definition) is 7. The van der Waals surface area contributed by atoms with Gasteiger partial charge in [0.1, 0.15) is 6.54 Å². The molecule has 0 unspecified atom stereocenters. The first-order chi connectivity index (χ1) is 14.9. The average Bonchev–Trinajstić information content (AvgIpc) is 2.76. The van der Waals surface area contributed by atoms with Gasteiger partial charge in [-0.1, -0.05) is 12.1 Å². The van der Waals surface area contributed by atoms with Crippen molar-refractivity contribution in [3.63, 3.8) is 0 Å². The van der Waals surface area contributed by atoms with E-state index in [-0.39, 0.29) is 17.4 Å². The number of aromatic nitrogens is 4. The number of rotatable bonds is 6. The molecule has 2 aromatic carbocycles. The predicted molar refractivity (Wildman–Crippen MR) is 114 cm³/mol. The molecule has 0 spiro atoms. The Balaban J connectivity index is 1.48. The Morgan fingerprint density at radius 1 is 0.935 bits per heavy atom.